The molecule has 8 nitrogen and oxygen atoms in total. The number of piperazine rings is 1. The predicted octanol–water partition coefficient (Wildman–Crippen LogP) is 2.43. The maximum Gasteiger partial charge on any atom is 0.270 e. The molecule has 0 spiro atoms. The van der Waals surface area contributed by atoms with Crippen LogP contribution in [0.15, 0.2) is 9.70 Å². The first-order valence-electron chi connectivity index (χ1n) is 11.2. The van der Waals surface area contributed by atoms with Gasteiger partial charge in [-0.15, -0.1) is 0 Å². The van der Waals surface area contributed by atoms with Crippen LogP contribution >= 0.6 is 24.0 Å². The Hall–Kier alpha value is -2.19. The van der Waals surface area contributed by atoms with Crippen LogP contribution in [0.5, 0.6) is 0 Å². The SMILES string of the molecule is CCCCn1c(N2CCN(C)CC2)c(/C=C2/SC(=S)N(CCOC)C2=O)c(C)c(C#N)c1=O. The van der Waals surface area contributed by atoms with Gasteiger partial charge in [0.05, 0.1) is 18.1 Å². The Bertz CT molecular complexity index is 1050. The number of nitrogens with zero attached hydrogens (tertiary/aromatic N) is 5. The maximum absolute atomic E-state index is 13.3. The summed E-state index contributed by atoms with van der Waals surface area (Å²) in [6.07, 6.45) is 3.57. The first kappa shape index (κ1) is 25.4. The fourth-order valence-electron chi connectivity index (χ4n) is 4.03. The summed E-state index contributed by atoms with van der Waals surface area (Å²) >= 11 is 6.68. The summed E-state index contributed by atoms with van der Waals surface area (Å²) in [6.45, 7) is 8.47. The number of hydrogen-bond donors (Lipinski definition) is 0. The monoisotopic (exact) mass is 489 g/mol. The van der Waals surface area contributed by atoms with Gasteiger partial charge in [-0.25, -0.2) is 0 Å². The summed E-state index contributed by atoms with van der Waals surface area (Å²) in [4.78, 5) is 32.9. The van der Waals surface area contributed by atoms with Gasteiger partial charge in [-0.3, -0.25) is 19.1 Å². The number of nitriles is 1. The van der Waals surface area contributed by atoms with E-state index in [1.807, 2.05) is 6.08 Å². The van der Waals surface area contributed by atoms with Crippen LogP contribution in [0.3, 0.4) is 0 Å². The molecule has 0 aliphatic carbocycles. The van der Waals surface area contributed by atoms with E-state index in [-0.39, 0.29) is 17.0 Å². The molecule has 3 rings (SSSR count). The van der Waals surface area contributed by atoms with E-state index in [4.69, 9.17) is 17.0 Å². The summed E-state index contributed by atoms with van der Waals surface area (Å²) in [6, 6.07) is 2.11. The number of likely N-dealkylation sites (N-methyl/N-ethyl adjacent to an activating group) is 1. The van der Waals surface area contributed by atoms with Gasteiger partial charge < -0.3 is 14.5 Å². The highest BCUT2D eigenvalue weighted by molar-refractivity contribution is 8.26. The van der Waals surface area contributed by atoms with Crippen LogP contribution in [0.4, 0.5) is 5.82 Å². The Morgan fingerprint density at radius 2 is 1.91 bits per heavy atom. The second-order valence-corrected chi connectivity index (χ2v) is 9.95. The molecule has 2 fully saturated rings. The van der Waals surface area contributed by atoms with Crippen LogP contribution in [-0.2, 0) is 16.1 Å². The molecule has 1 aromatic heterocycles. The van der Waals surface area contributed by atoms with E-state index in [1.54, 1.807) is 23.5 Å². The summed E-state index contributed by atoms with van der Waals surface area (Å²) in [5.41, 5.74) is 1.22. The molecule has 10 heteroatoms. The van der Waals surface area contributed by atoms with Gasteiger partial charge in [0.15, 0.2) is 0 Å². The molecule has 3 heterocycles. The maximum atomic E-state index is 13.3. The van der Waals surface area contributed by atoms with E-state index >= 15 is 0 Å². The van der Waals surface area contributed by atoms with Crippen molar-refractivity contribution in [2.75, 3.05) is 58.4 Å². The molecule has 0 bridgehead atoms. The average molecular weight is 490 g/mol. The second-order valence-electron chi connectivity index (χ2n) is 8.28. The van der Waals surface area contributed by atoms with Gasteiger partial charge in [0.1, 0.15) is 21.8 Å². The first-order chi connectivity index (χ1) is 15.8. The standard InChI is InChI=1S/C23H31N5O3S2/c1-5-6-7-27-20(26-10-8-25(3)9-11-26)17(16(2)18(15-24)21(27)29)14-19-22(30)28(12-13-31-4)23(32)33-19/h14H,5-13H2,1-4H3/b19-14+. The molecule has 0 saturated carbocycles. The number of aromatic nitrogens is 1. The van der Waals surface area contributed by atoms with Crippen molar-refractivity contribution in [3.8, 4) is 6.07 Å². The zero-order valence-corrected chi connectivity index (χ0v) is 21.4. The van der Waals surface area contributed by atoms with Crippen molar-refractivity contribution in [3.05, 3.63) is 31.9 Å². The highest BCUT2D eigenvalue weighted by Gasteiger charge is 2.33. The molecule has 0 N–H and O–H groups in total. The molecular weight excluding hydrogens is 458 g/mol. The van der Waals surface area contributed by atoms with Crippen LogP contribution in [0.1, 0.15) is 36.5 Å². The molecule has 2 saturated heterocycles. The number of anilines is 1. The zero-order chi connectivity index (χ0) is 24.1. The number of pyridine rings is 1. The smallest absolute Gasteiger partial charge is 0.270 e. The highest BCUT2D eigenvalue weighted by atomic mass is 32.2. The lowest BCUT2D eigenvalue weighted by molar-refractivity contribution is -0.122. The third kappa shape index (κ3) is 5.32. The van der Waals surface area contributed by atoms with Crippen LogP contribution in [-0.4, -0.2) is 78.1 Å². The molecule has 1 amide bonds. The van der Waals surface area contributed by atoms with Gasteiger partial charge in [0.25, 0.3) is 11.5 Å². The largest absolute Gasteiger partial charge is 0.383 e. The number of unbranched alkanes of at least 4 members (excludes halogenated alkanes) is 1. The molecule has 33 heavy (non-hydrogen) atoms. The fraction of sp³-hybridized carbons (Fsp3) is 0.565. The Morgan fingerprint density at radius 3 is 2.52 bits per heavy atom. The molecule has 0 aromatic carbocycles. The Balaban J connectivity index is 2.18. The molecule has 0 radical (unpaired) electrons. The molecule has 2 aliphatic heterocycles. The van der Waals surface area contributed by atoms with Crippen LogP contribution in [0, 0.1) is 18.3 Å². The number of carbonyl (C=O) groups excluding carboxylic acids is 1. The van der Waals surface area contributed by atoms with Crippen LogP contribution in [0.2, 0.25) is 0 Å². The fourth-order valence-corrected chi connectivity index (χ4v) is 5.32. The van der Waals surface area contributed by atoms with Crippen molar-refractivity contribution in [1.82, 2.24) is 14.4 Å². The van der Waals surface area contributed by atoms with E-state index in [9.17, 15) is 14.9 Å². The van der Waals surface area contributed by atoms with Crippen molar-refractivity contribution < 1.29 is 9.53 Å². The molecule has 178 valence electrons. The number of rotatable bonds is 8. The summed E-state index contributed by atoms with van der Waals surface area (Å²) in [5, 5.41) is 9.78. The molecular formula is C23H31N5O3S2. The van der Waals surface area contributed by atoms with Gasteiger partial charge >= 0.3 is 0 Å². The van der Waals surface area contributed by atoms with E-state index in [0.717, 1.165) is 50.4 Å². The summed E-state index contributed by atoms with van der Waals surface area (Å²) in [5.74, 6) is 0.621. The van der Waals surface area contributed by atoms with Gasteiger partial charge in [0, 0.05) is 45.4 Å². The number of thiocarbonyl (C=S) groups is 1. The average Bonchev–Trinajstić information content (AvgIpc) is 3.06. The Morgan fingerprint density at radius 1 is 1.21 bits per heavy atom. The minimum atomic E-state index is -0.262. The second kappa shape index (κ2) is 11.3. The van der Waals surface area contributed by atoms with Gasteiger partial charge in [-0.2, -0.15) is 5.26 Å². The lowest BCUT2D eigenvalue weighted by Crippen LogP contribution is -2.47. The van der Waals surface area contributed by atoms with Gasteiger partial charge in [0.2, 0.25) is 0 Å². The van der Waals surface area contributed by atoms with Crippen molar-refractivity contribution in [1.29, 1.82) is 5.26 Å². The molecule has 0 atom stereocenters. The minimum Gasteiger partial charge on any atom is -0.383 e. The number of carbonyl (C=O) groups is 1. The van der Waals surface area contributed by atoms with E-state index in [0.29, 0.717) is 34.5 Å². The predicted molar refractivity (Wildman–Crippen MR) is 137 cm³/mol. The summed E-state index contributed by atoms with van der Waals surface area (Å²) in [7, 11) is 3.67. The van der Waals surface area contributed by atoms with E-state index in [1.165, 1.54) is 11.8 Å². The van der Waals surface area contributed by atoms with Crippen molar-refractivity contribution in [2.24, 2.45) is 0 Å². The van der Waals surface area contributed by atoms with Crippen molar-refractivity contribution in [3.63, 3.8) is 0 Å². The van der Waals surface area contributed by atoms with Crippen molar-refractivity contribution in [2.45, 2.75) is 33.2 Å². The number of hydrogen-bond acceptors (Lipinski definition) is 8. The molecule has 0 unspecified atom stereocenters. The van der Waals surface area contributed by atoms with Crippen LogP contribution < -0.4 is 10.5 Å². The Kier molecular flexibility index (Phi) is 8.70. The molecule has 1 aromatic rings. The number of methoxy groups -OCH3 is 1. The van der Waals surface area contributed by atoms with Gasteiger partial charge in [-0.05, 0) is 32.0 Å². The minimum absolute atomic E-state index is 0.130. The summed E-state index contributed by atoms with van der Waals surface area (Å²) < 4.78 is 7.33. The number of ether oxygens (including phenoxy) is 1. The lowest BCUT2D eigenvalue weighted by atomic mass is 10.0. The van der Waals surface area contributed by atoms with Gasteiger partial charge in [-0.1, -0.05) is 37.3 Å². The number of amides is 1. The number of thioether (sulfide) groups is 1. The third-order valence-electron chi connectivity index (χ3n) is 6.05. The third-order valence-corrected chi connectivity index (χ3v) is 7.43. The van der Waals surface area contributed by atoms with E-state index in [2.05, 4.69) is 29.8 Å². The van der Waals surface area contributed by atoms with Crippen LogP contribution in [0.25, 0.3) is 6.08 Å². The van der Waals surface area contributed by atoms with Crippen molar-refractivity contribution >= 4 is 46.1 Å². The zero-order valence-electron chi connectivity index (χ0n) is 19.7. The quantitative estimate of drug-likeness (QED) is 0.407. The normalized spacial score (nSPS) is 18.5. The molecule has 2 aliphatic rings. The van der Waals surface area contributed by atoms with E-state index < -0.39 is 0 Å². The first-order valence-corrected chi connectivity index (χ1v) is 12.4. The topological polar surface area (TPSA) is 81.8 Å². The highest BCUT2D eigenvalue weighted by Crippen LogP contribution is 2.36. The lowest BCUT2D eigenvalue weighted by Gasteiger charge is -2.36. The Labute approximate surface area is 204 Å².